The first kappa shape index (κ1) is 18.8. The summed E-state index contributed by atoms with van der Waals surface area (Å²) in [6, 6.07) is 0. The Kier molecular flexibility index (Phi) is 5.02. The summed E-state index contributed by atoms with van der Waals surface area (Å²) in [5.41, 5.74) is -0.559. The van der Waals surface area contributed by atoms with E-state index in [2.05, 4.69) is 6.92 Å². The second-order valence-electron chi connectivity index (χ2n) is 9.02. The fourth-order valence-electron chi connectivity index (χ4n) is 6.08. The third-order valence-corrected chi connectivity index (χ3v) is 7.78. The highest BCUT2D eigenvalue weighted by molar-refractivity contribution is 5.87. The molecule has 0 spiro atoms. The van der Waals surface area contributed by atoms with Crippen LogP contribution in [0, 0.1) is 28.6 Å². The smallest absolute Gasteiger partial charge is 0.302 e. The zero-order valence-corrected chi connectivity index (χ0v) is 15.7. The third-order valence-electron chi connectivity index (χ3n) is 7.78. The van der Waals surface area contributed by atoms with Gasteiger partial charge in [0, 0.05) is 37.2 Å². The van der Waals surface area contributed by atoms with Crippen molar-refractivity contribution in [3.63, 3.8) is 0 Å². The lowest BCUT2D eigenvalue weighted by Gasteiger charge is -2.55. The fourth-order valence-corrected chi connectivity index (χ4v) is 6.08. The molecule has 3 aliphatic rings. The van der Waals surface area contributed by atoms with E-state index in [1.807, 2.05) is 6.92 Å². The molecule has 0 radical (unpaired) electrons. The zero-order chi connectivity index (χ0) is 18.4. The van der Waals surface area contributed by atoms with E-state index in [1.165, 1.54) is 6.92 Å². The molecule has 2 N–H and O–H groups in total. The van der Waals surface area contributed by atoms with Gasteiger partial charge in [0.25, 0.3) is 0 Å². The lowest BCUT2D eigenvalue weighted by Crippen LogP contribution is -2.55. The van der Waals surface area contributed by atoms with Gasteiger partial charge in [-0.3, -0.25) is 9.59 Å². The molecule has 25 heavy (non-hydrogen) atoms. The molecule has 3 saturated carbocycles. The molecule has 0 aromatic carbocycles. The molecule has 0 saturated heterocycles. The van der Waals surface area contributed by atoms with Crippen molar-refractivity contribution in [2.24, 2.45) is 28.6 Å². The number of hydrogen-bond acceptors (Lipinski definition) is 5. The molecule has 0 bridgehead atoms. The van der Waals surface area contributed by atoms with Crippen molar-refractivity contribution in [3.05, 3.63) is 0 Å². The van der Waals surface area contributed by atoms with Gasteiger partial charge in [-0.05, 0) is 49.9 Å². The molecule has 5 nitrogen and oxygen atoms in total. The zero-order valence-electron chi connectivity index (χ0n) is 15.7. The van der Waals surface area contributed by atoms with Crippen LogP contribution in [0.25, 0.3) is 0 Å². The summed E-state index contributed by atoms with van der Waals surface area (Å²) in [4.78, 5) is 24.3. The van der Waals surface area contributed by atoms with E-state index in [0.717, 1.165) is 32.1 Å². The third kappa shape index (κ3) is 3.03. The minimum Gasteiger partial charge on any atom is -0.462 e. The fraction of sp³-hybridized carbons (Fsp3) is 0.900. The van der Waals surface area contributed by atoms with Crippen LogP contribution >= 0.6 is 0 Å². The predicted molar refractivity (Wildman–Crippen MR) is 92.7 cm³/mol. The summed E-state index contributed by atoms with van der Waals surface area (Å²) in [6.07, 6.45) is 4.52. The van der Waals surface area contributed by atoms with Crippen molar-refractivity contribution in [2.45, 2.75) is 77.9 Å². The highest BCUT2D eigenvalue weighted by Crippen LogP contribution is 2.59. The van der Waals surface area contributed by atoms with E-state index < -0.39 is 0 Å². The maximum atomic E-state index is 12.5. The van der Waals surface area contributed by atoms with E-state index in [1.54, 1.807) is 0 Å². The lowest BCUT2D eigenvalue weighted by atomic mass is 9.52. The summed E-state index contributed by atoms with van der Waals surface area (Å²) in [7, 11) is 0. The highest BCUT2D eigenvalue weighted by atomic mass is 16.5. The Balaban J connectivity index is 1.94. The summed E-state index contributed by atoms with van der Waals surface area (Å²) >= 11 is 0. The van der Waals surface area contributed by atoms with Gasteiger partial charge in [-0.2, -0.15) is 0 Å². The number of aliphatic hydroxyl groups is 2. The van der Waals surface area contributed by atoms with Crippen LogP contribution < -0.4 is 0 Å². The number of aliphatic hydroxyl groups excluding tert-OH is 2. The first-order chi connectivity index (χ1) is 11.7. The van der Waals surface area contributed by atoms with E-state index in [4.69, 9.17) is 4.74 Å². The number of carbonyl (C=O) groups excluding carboxylic acids is 2. The molecule has 0 amide bonds. The van der Waals surface area contributed by atoms with Gasteiger partial charge in [0.15, 0.2) is 0 Å². The Morgan fingerprint density at radius 1 is 1.20 bits per heavy atom. The number of Topliss-reactive ketones (excluding diaryl/α,β-unsaturated/α-hetero) is 1. The molecule has 5 heteroatoms. The standard InChI is InChI=1S/C20H32O5/c1-12(22)25-18-15-4-5-17(24)20(15,3)9-7-16(18)19(2)8-6-14(23)10-13(19)11-21/h13-16,18,21,23H,4-11H2,1-3H3/t13-,14+,15?,16?,18+,19?,20+/m1/s1. The Morgan fingerprint density at radius 3 is 2.56 bits per heavy atom. The molecular formula is C20H32O5. The maximum absolute atomic E-state index is 12.5. The molecule has 0 aromatic heterocycles. The number of ether oxygens (including phenoxy) is 1. The predicted octanol–water partition coefficient (Wildman–Crippen LogP) is 2.47. The second kappa shape index (κ2) is 6.66. The van der Waals surface area contributed by atoms with Crippen molar-refractivity contribution in [3.8, 4) is 0 Å². The number of fused-ring (bicyclic) bond motifs is 1. The van der Waals surface area contributed by atoms with Crippen molar-refractivity contribution in [1.82, 2.24) is 0 Å². The summed E-state index contributed by atoms with van der Waals surface area (Å²) < 4.78 is 5.83. The van der Waals surface area contributed by atoms with E-state index in [-0.39, 0.29) is 53.4 Å². The van der Waals surface area contributed by atoms with Crippen molar-refractivity contribution < 1.29 is 24.5 Å². The molecule has 0 heterocycles. The van der Waals surface area contributed by atoms with Crippen LogP contribution in [0.1, 0.15) is 65.7 Å². The number of esters is 1. The Morgan fingerprint density at radius 2 is 1.92 bits per heavy atom. The van der Waals surface area contributed by atoms with E-state index >= 15 is 0 Å². The molecule has 3 rings (SSSR count). The minimum atomic E-state index is -0.379. The van der Waals surface area contributed by atoms with Gasteiger partial charge in [0.2, 0.25) is 0 Å². The largest absolute Gasteiger partial charge is 0.462 e. The van der Waals surface area contributed by atoms with Crippen LogP contribution in [0.15, 0.2) is 0 Å². The van der Waals surface area contributed by atoms with Crippen LogP contribution in [0.2, 0.25) is 0 Å². The van der Waals surface area contributed by atoms with Crippen molar-refractivity contribution in [1.29, 1.82) is 0 Å². The Labute approximate surface area is 150 Å². The van der Waals surface area contributed by atoms with Gasteiger partial charge in [-0.1, -0.05) is 13.8 Å². The second-order valence-corrected chi connectivity index (χ2v) is 9.02. The van der Waals surface area contributed by atoms with E-state index in [0.29, 0.717) is 18.6 Å². The van der Waals surface area contributed by atoms with Gasteiger partial charge >= 0.3 is 5.97 Å². The van der Waals surface area contributed by atoms with Gasteiger partial charge in [0.05, 0.1) is 6.10 Å². The first-order valence-corrected chi connectivity index (χ1v) is 9.72. The molecule has 3 aliphatic carbocycles. The average molecular weight is 352 g/mol. The molecule has 0 aromatic rings. The van der Waals surface area contributed by atoms with Gasteiger partial charge < -0.3 is 14.9 Å². The van der Waals surface area contributed by atoms with E-state index in [9.17, 15) is 19.8 Å². The summed E-state index contributed by atoms with van der Waals surface area (Å²) in [5.74, 6) is 0.214. The molecule has 0 aliphatic heterocycles. The normalized spacial score (nSPS) is 47.4. The Hall–Kier alpha value is -0.940. The number of rotatable bonds is 3. The quantitative estimate of drug-likeness (QED) is 0.762. The maximum Gasteiger partial charge on any atom is 0.302 e. The summed E-state index contributed by atoms with van der Waals surface area (Å²) in [6.45, 7) is 5.70. The number of carbonyl (C=O) groups is 2. The molecule has 3 unspecified atom stereocenters. The van der Waals surface area contributed by atoms with Gasteiger partial charge in [-0.15, -0.1) is 0 Å². The first-order valence-electron chi connectivity index (χ1n) is 9.72. The monoisotopic (exact) mass is 352 g/mol. The lowest BCUT2D eigenvalue weighted by molar-refractivity contribution is -0.178. The van der Waals surface area contributed by atoms with Crippen LogP contribution in [0.4, 0.5) is 0 Å². The Bertz CT molecular complexity index is 546. The van der Waals surface area contributed by atoms with Gasteiger partial charge in [0.1, 0.15) is 11.9 Å². The van der Waals surface area contributed by atoms with Crippen LogP contribution in [0.5, 0.6) is 0 Å². The molecule has 3 fully saturated rings. The minimum absolute atomic E-state index is 0.000712. The van der Waals surface area contributed by atoms with Crippen LogP contribution in [-0.2, 0) is 14.3 Å². The molecular weight excluding hydrogens is 320 g/mol. The summed E-state index contributed by atoms with van der Waals surface area (Å²) in [5, 5.41) is 20.0. The van der Waals surface area contributed by atoms with Gasteiger partial charge in [-0.25, -0.2) is 0 Å². The molecule has 7 atom stereocenters. The number of hydrogen-bond donors (Lipinski definition) is 2. The number of ketones is 1. The van der Waals surface area contributed by atoms with Crippen LogP contribution in [0.3, 0.4) is 0 Å². The topological polar surface area (TPSA) is 83.8 Å². The SMILES string of the molecule is CC(=O)O[C@@H]1C(C2(C)CC[C@H](O)C[C@@H]2CO)CC[C@]2(C)C(=O)CCC12. The highest BCUT2D eigenvalue weighted by Gasteiger charge is 2.59. The van der Waals surface area contributed by atoms with Crippen molar-refractivity contribution >= 4 is 11.8 Å². The van der Waals surface area contributed by atoms with Crippen molar-refractivity contribution in [2.75, 3.05) is 6.61 Å². The van der Waals surface area contributed by atoms with Crippen LogP contribution in [-0.4, -0.2) is 40.8 Å². The average Bonchev–Trinajstić information content (AvgIpc) is 2.85. The molecule has 142 valence electrons.